The Balaban J connectivity index is 1.75. The summed E-state index contributed by atoms with van der Waals surface area (Å²) in [5.74, 6) is 4.26. The number of hydrogen-bond donors (Lipinski definition) is 1. The predicted octanol–water partition coefficient (Wildman–Crippen LogP) is 2.68. The number of rotatable bonds is 4. The first kappa shape index (κ1) is 14.4. The molecule has 0 spiro atoms. The Morgan fingerprint density at radius 2 is 2.05 bits per heavy atom. The zero-order valence-corrected chi connectivity index (χ0v) is 12.2. The molecular weight excluding hydrogens is 276 g/mol. The van der Waals surface area contributed by atoms with Gasteiger partial charge in [0.15, 0.2) is 0 Å². The maximum absolute atomic E-state index is 11.0. The standard InChI is InChI=1S/C18H18N2O2/c19-22-18(21)9-7-14-6-8-17-16(12-14)10-11-20(17)13-15-4-2-1-3-5-15/h1-9,12H,10-11,13,19H2/b9-7+. The smallest absolute Gasteiger partial charge is 0.349 e. The molecular formula is C18H18N2O2. The van der Waals surface area contributed by atoms with Gasteiger partial charge in [-0.3, -0.25) is 0 Å². The van der Waals surface area contributed by atoms with Crippen molar-refractivity contribution in [3.05, 3.63) is 71.3 Å². The molecule has 0 radical (unpaired) electrons. The highest BCUT2D eigenvalue weighted by atomic mass is 16.7. The van der Waals surface area contributed by atoms with Gasteiger partial charge in [-0.2, -0.15) is 5.90 Å². The molecule has 22 heavy (non-hydrogen) atoms. The van der Waals surface area contributed by atoms with E-state index >= 15 is 0 Å². The van der Waals surface area contributed by atoms with Crippen LogP contribution in [0.2, 0.25) is 0 Å². The molecule has 2 N–H and O–H groups in total. The van der Waals surface area contributed by atoms with E-state index in [0.717, 1.165) is 25.1 Å². The zero-order valence-electron chi connectivity index (χ0n) is 12.2. The van der Waals surface area contributed by atoms with Crippen LogP contribution in [0.4, 0.5) is 5.69 Å². The number of nitrogens with zero attached hydrogens (tertiary/aromatic N) is 1. The first-order valence-corrected chi connectivity index (χ1v) is 7.27. The van der Waals surface area contributed by atoms with E-state index < -0.39 is 5.97 Å². The molecule has 2 aromatic carbocycles. The molecule has 1 aliphatic heterocycles. The van der Waals surface area contributed by atoms with E-state index in [0.29, 0.717) is 0 Å². The maximum atomic E-state index is 11.0. The summed E-state index contributed by atoms with van der Waals surface area (Å²) < 4.78 is 0. The lowest BCUT2D eigenvalue weighted by Crippen LogP contribution is -2.19. The third-order valence-corrected chi connectivity index (χ3v) is 3.84. The summed E-state index contributed by atoms with van der Waals surface area (Å²) in [6.45, 7) is 1.94. The van der Waals surface area contributed by atoms with Gasteiger partial charge in [0.05, 0.1) is 0 Å². The molecule has 112 valence electrons. The molecule has 0 amide bonds. The van der Waals surface area contributed by atoms with Crippen molar-refractivity contribution in [2.45, 2.75) is 13.0 Å². The highest BCUT2D eigenvalue weighted by molar-refractivity contribution is 5.87. The fraction of sp³-hybridized carbons (Fsp3) is 0.167. The molecule has 4 nitrogen and oxygen atoms in total. The van der Waals surface area contributed by atoms with Crippen LogP contribution in [0.25, 0.3) is 6.08 Å². The summed E-state index contributed by atoms with van der Waals surface area (Å²) in [7, 11) is 0. The maximum Gasteiger partial charge on any atom is 0.349 e. The van der Waals surface area contributed by atoms with E-state index in [4.69, 9.17) is 5.90 Å². The SMILES string of the molecule is NOC(=O)/C=C/c1ccc2c(c1)CCN2Cc1ccccc1. The topological polar surface area (TPSA) is 55.6 Å². The fourth-order valence-corrected chi connectivity index (χ4v) is 2.77. The van der Waals surface area contributed by atoms with Crippen LogP contribution in [0, 0.1) is 0 Å². The Morgan fingerprint density at radius 3 is 2.82 bits per heavy atom. The number of anilines is 1. The van der Waals surface area contributed by atoms with Crippen LogP contribution in [0.5, 0.6) is 0 Å². The van der Waals surface area contributed by atoms with Gasteiger partial charge in [0.2, 0.25) is 0 Å². The minimum absolute atomic E-state index is 0.550. The predicted molar refractivity (Wildman–Crippen MR) is 87.0 cm³/mol. The van der Waals surface area contributed by atoms with Crippen molar-refractivity contribution in [1.82, 2.24) is 0 Å². The summed E-state index contributed by atoms with van der Waals surface area (Å²) in [5.41, 5.74) is 4.86. The fourth-order valence-electron chi connectivity index (χ4n) is 2.77. The van der Waals surface area contributed by atoms with E-state index in [1.54, 1.807) is 6.08 Å². The Morgan fingerprint density at radius 1 is 1.23 bits per heavy atom. The minimum Gasteiger partial charge on any atom is -0.370 e. The average molecular weight is 294 g/mol. The second-order valence-electron chi connectivity index (χ2n) is 5.32. The van der Waals surface area contributed by atoms with Crippen molar-refractivity contribution >= 4 is 17.7 Å². The Kier molecular flexibility index (Phi) is 4.21. The lowest BCUT2D eigenvalue weighted by atomic mass is 10.1. The van der Waals surface area contributed by atoms with Gasteiger partial charge in [0.1, 0.15) is 0 Å². The summed E-state index contributed by atoms with van der Waals surface area (Å²) in [6.07, 6.45) is 4.07. The summed E-state index contributed by atoms with van der Waals surface area (Å²) in [4.78, 5) is 17.5. The molecule has 1 aliphatic rings. The van der Waals surface area contributed by atoms with Crippen LogP contribution in [-0.4, -0.2) is 12.5 Å². The van der Waals surface area contributed by atoms with Crippen molar-refractivity contribution in [2.24, 2.45) is 5.90 Å². The van der Waals surface area contributed by atoms with Crippen molar-refractivity contribution < 1.29 is 9.63 Å². The quantitative estimate of drug-likeness (QED) is 0.696. The van der Waals surface area contributed by atoms with E-state index in [1.165, 1.54) is 22.9 Å². The summed E-state index contributed by atoms with van der Waals surface area (Å²) in [5, 5.41) is 0. The van der Waals surface area contributed by atoms with Crippen molar-refractivity contribution in [2.75, 3.05) is 11.4 Å². The van der Waals surface area contributed by atoms with Crippen LogP contribution in [-0.2, 0) is 22.6 Å². The van der Waals surface area contributed by atoms with Crippen molar-refractivity contribution in [3.8, 4) is 0 Å². The van der Waals surface area contributed by atoms with Crippen LogP contribution in [0.1, 0.15) is 16.7 Å². The largest absolute Gasteiger partial charge is 0.370 e. The van der Waals surface area contributed by atoms with Gasteiger partial charge in [-0.15, -0.1) is 0 Å². The minimum atomic E-state index is -0.550. The first-order valence-electron chi connectivity index (χ1n) is 7.27. The van der Waals surface area contributed by atoms with Gasteiger partial charge in [-0.1, -0.05) is 36.4 Å². The lowest BCUT2D eigenvalue weighted by molar-refractivity contribution is -0.138. The third-order valence-electron chi connectivity index (χ3n) is 3.84. The van der Waals surface area contributed by atoms with Crippen LogP contribution in [0.3, 0.4) is 0 Å². The van der Waals surface area contributed by atoms with E-state index in [2.05, 4.69) is 46.1 Å². The number of carbonyl (C=O) groups excluding carboxylic acids is 1. The molecule has 0 bridgehead atoms. The number of benzene rings is 2. The molecule has 0 aromatic heterocycles. The van der Waals surface area contributed by atoms with Gasteiger partial charge in [-0.25, -0.2) is 4.79 Å². The highest BCUT2D eigenvalue weighted by Crippen LogP contribution is 2.30. The van der Waals surface area contributed by atoms with Crippen LogP contribution in [0.15, 0.2) is 54.6 Å². The van der Waals surface area contributed by atoms with Crippen molar-refractivity contribution in [1.29, 1.82) is 0 Å². The van der Waals surface area contributed by atoms with Gasteiger partial charge in [0.25, 0.3) is 0 Å². The Bertz CT molecular complexity index is 695. The zero-order chi connectivity index (χ0) is 15.4. The van der Waals surface area contributed by atoms with Crippen LogP contribution >= 0.6 is 0 Å². The van der Waals surface area contributed by atoms with Gasteiger partial charge < -0.3 is 9.74 Å². The second-order valence-corrected chi connectivity index (χ2v) is 5.32. The van der Waals surface area contributed by atoms with E-state index in [-0.39, 0.29) is 0 Å². The molecule has 1 heterocycles. The number of carbonyl (C=O) groups is 1. The summed E-state index contributed by atoms with van der Waals surface area (Å²) >= 11 is 0. The first-order chi connectivity index (χ1) is 10.8. The number of nitrogens with two attached hydrogens (primary N) is 1. The molecule has 0 saturated carbocycles. The number of hydrogen-bond acceptors (Lipinski definition) is 4. The Hall–Kier alpha value is -2.59. The molecule has 0 saturated heterocycles. The molecule has 3 rings (SSSR count). The molecule has 0 atom stereocenters. The van der Waals surface area contributed by atoms with Gasteiger partial charge >= 0.3 is 5.97 Å². The molecule has 0 unspecified atom stereocenters. The van der Waals surface area contributed by atoms with Gasteiger partial charge in [-0.05, 0) is 41.3 Å². The molecule has 2 aromatic rings. The van der Waals surface area contributed by atoms with Crippen LogP contribution < -0.4 is 10.8 Å². The summed E-state index contributed by atoms with van der Waals surface area (Å²) in [6, 6.07) is 16.7. The number of fused-ring (bicyclic) bond motifs is 1. The van der Waals surface area contributed by atoms with E-state index in [1.807, 2.05) is 12.1 Å². The molecule has 0 aliphatic carbocycles. The third kappa shape index (κ3) is 3.18. The monoisotopic (exact) mass is 294 g/mol. The van der Waals surface area contributed by atoms with Gasteiger partial charge in [0, 0.05) is 24.9 Å². The molecule has 0 fully saturated rings. The van der Waals surface area contributed by atoms with Crippen molar-refractivity contribution in [3.63, 3.8) is 0 Å². The average Bonchev–Trinajstić information content (AvgIpc) is 2.96. The molecule has 4 heteroatoms. The normalized spacial score (nSPS) is 13.4. The Labute approximate surface area is 129 Å². The lowest BCUT2D eigenvalue weighted by Gasteiger charge is -2.19. The highest BCUT2D eigenvalue weighted by Gasteiger charge is 2.18. The second kappa shape index (κ2) is 6.45. The van der Waals surface area contributed by atoms with E-state index in [9.17, 15) is 4.79 Å².